The van der Waals surface area contributed by atoms with Gasteiger partial charge in [0.25, 0.3) is 0 Å². The zero-order valence-corrected chi connectivity index (χ0v) is 9.65. The van der Waals surface area contributed by atoms with Gasteiger partial charge in [0.15, 0.2) is 0 Å². The highest BCUT2D eigenvalue weighted by atomic mass is 16.6. The number of morpholine rings is 1. The summed E-state index contributed by atoms with van der Waals surface area (Å²) in [7, 11) is 0. The minimum atomic E-state index is -1.17. The SMILES string of the molecule is CCC[C@@H]1NCCO[C@@]1(O)c1ccccc1. The van der Waals surface area contributed by atoms with Crippen molar-refractivity contribution in [3.8, 4) is 0 Å². The van der Waals surface area contributed by atoms with E-state index in [0.717, 1.165) is 24.9 Å². The smallest absolute Gasteiger partial charge is 0.208 e. The average molecular weight is 221 g/mol. The van der Waals surface area contributed by atoms with Crippen LogP contribution in [-0.2, 0) is 10.5 Å². The number of aliphatic hydroxyl groups is 1. The first-order valence-corrected chi connectivity index (χ1v) is 5.92. The molecule has 16 heavy (non-hydrogen) atoms. The third-order valence-electron chi connectivity index (χ3n) is 3.05. The standard InChI is InChI=1S/C13H19NO2/c1-2-6-12-13(15,16-10-9-14-12)11-7-4-3-5-8-11/h3-5,7-8,12,14-15H,2,6,9-10H2,1H3/t12-,13-/m0/s1. The molecule has 1 aliphatic heterocycles. The third kappa shape index (κ3) is 2.12. The summed E-state index contributed by atoms with van der Waals surface area (Å²) in [5.74, 6) is -1.17. The van der Waals surface area contributed by atoms with Gasteiger partial charge in [-0.2, -0.15) is 0 Å². The molecular weight excluding hydrogens is 202 g/mol. The molecule has 2 rings (SSSR count). The van der Waals surface area contributed by atoms with Crippen molar-refractivity contribution in [2.24, 2.45) is 0 Å². The molecule has 0 unspecified atom stereocenters. The van der Waals surface area contributed by atoms with Crippen LogP contribution < -0.4 is 5.32 Å². The molecule has 2 N–H and O–H groups in total. The molecule has 0 radical (unpaired) electrons. The van der Waals surface area contributed by atoms with Crippen LogP contribution in [0.4, 0.5) is 0 Å². The van der Waals surface area contributed by atoms with Crippen LogP contribution in [0.25, 0.3) is 0 Å². The predicted octanol–water partition coefficient (Wildman–Crippen LogP) is 1.62. The van der Waals surface area contributed by atoms with Gasteiger partial charge < -0.3 is 15.2 Å². The fourth-order valence-electron chi connectivity index (χ4n) is 2.23. The average Bonchev–Trinajstić information content (AvgIpc) is 2.34. The largest absolute Gasteiger partial charge is 0.361 e. The van der Waals surface area contributed by atoms with Crippen LogP contribution in [0.15, 0.2) is 30.3 Å². The Bertz CT molecular complexity index is 326. The van der Waals surface area contributed by atoms with E-state index in [9.17, 15) is 5.11 Å². The van der Waals surface area contributed by atoms with Crippen molar-refractivity contribution in [1.29, 1.82) is 0 Å². The molecule has 0 saturated carbocycles. The molecule has 0 aromatic heterocycles. The summed E-state index contributed by atoms with van der Waals surface area (Å²) >= 11 is 0. The molecule has 2 atom stereocenters. The number of ether oxygens (including phenoxy) is 1. The van der Waals surface area contributed by atoms with Gasteiger partial charge in [-0.25, -0.2) is 0 Å². The fourth-order valence-corrected chi connectivity index (χ4v) is 2.23. The summed E-state index contributed by atoms with van der Waals surface area (Å²) in [4.78, 5) is 0. The van der Waals surface area contributed by atoms with Crippen LogP contribution in [0.2, 0.25) is 0 Å². The molecule has 0 amide bonds. The minimum absolute atomic E-state index is 0.0198. The number of benzene rings is 1. The summed E-state index contributed by atoms with van der Waals surface area (Å²) in [6.45, 7) is 3.47. The van der Waals surface area contributed by atoms with Crippen LogP contribution in [0.1, 0.15) is 25.3 Å². The summed E-state index contributed by atoms with van der Waals surface area (Å²) in [5, 5.41) is 14.0. The number of hydrogen-bond donors (Lipinski definition) is 2. The van der Waals surface area contributed by atoms with Gasteiger partial charge in [0.1, 0.15) is 0 Å². The molecule has 1 aromatic carbocycles. The molecule has 1 heterocycles. The van der Waals surface area contributed by atoms with Gasteiger partial charge in [0.2, 0.25) is 5.79 Å². The van der Waals surface area contributed by atoms with E-state index in [4.69, 9.17) is 4.74 Å². The molecule has 3 heteroatoms. The molecule has 0 spiro atoms. The first-order valence-electron chi connectivity index (χ1n) is 5.92. The summed E-state index contributed by atoms with van der Waals surface area (Å²) in [5.41, 5.74) is 0.834. The van der Waals surface area contributed by atoms with Crippen LogP contribution in [-0.4, -0.2) is 24.3 Å². The van der Waals surface area contributed by atoms with Gasteiger partial charge in [-0.3, -0.25) is 0 Å². The van der Waals surface area contributed by atoms with E-state index < -0.39 is 5.79 Å². The highest BCUT2D eigenvalue weighted by molar-refractivity contribution is 5.22. The van der Waals surface area contributed by atoms with Crippen molar-refractivity contribution in [2.75, 3.05) is 13.2 Å². The van der Waals surface area contributed by atoms with Gasteiger partial charge in [0, 0.05) is 12.1 Å². The molecule has 1 aromatic rings. The number of hydrogen-bond acceptors (Lipinski definition) is 3. The lowest BCUT2D eigenvalue weighted by molar-refractivity contribution is -0.249. The first-order chi connectivity index (χ1) is 7.77. The second kappa shape index (κ2) is 4.95. The highest BCUT2D eigenvalue weighted by Crippen LogP contribution is 2.30. The van der Waals surface area contributed by atoms with E-state index in [1.807, 2.05) is 30.3 Å². The first kappa shape index (κ1) is 11.6. The lowest BCUT2D eigenvalue weighted by atomic mass is 9.93. The second-order valence-electron chi connectivity index (χ2n) is 4.21. The van der Waals surface area contributed by atoms with Crippen LogP contribution in [0, 0.1) is 0 Å². The van der Waals surface area contributed by atoms with Gasteiger partial charge in [0.05, 0.1) is 12.6 Å². The third-order valence-corrected chi connectivity index (χ3v) is 3.05. The summed E-state index contributed by atoms with van der Waals surface area (Å²) in [6, 6.07) is 9.60. The van der Waals surface area contributed by atoms with Crippen LogP contribution >= 0.6 is 0 Å². The lowest BCUT2D eigenvalue weighted by Gasteiger charge is -2.40. The van der Waals surface area contributed by atoms with Crippen molar-refractivity contribution in [2.45, 2.75) is 31.6 Å². The predicted molar refractivity (Wildman–Crippen MR) is 63.0 cm³/mol. The molecule has 0 aliphatic carbocycles. The number of nitrogens with one attached hydrogen (secondary N) is 1. The molecule has 1 aliphatic rings. The maximum Gasteiger partial charge on any atom is 0.208 e. The molecule has 0 bridgehead atoms. The van der Waals surface area contributed by atoms with Gasteiger partial charge in [-0.1, -0.05) is 43.7 Å². The molecule has 1 saturated heterocycles. The van der Waals surface area contributed by atoms with E-state index in [-0.39, 0.29) is 6.04 Å². The minimum Gasteiger partial charge on any atom is -0.361 e. The van der Waals surface area contributed by atoms with E-state index in [1.54, 1.807) is 0 Å². The Kier molecular flexibility index (Phi) is 3.59. The van der Waals surface area contributed by atoms with E-state index >= 15 is 0 Å². The van der Waals surface area contributed by atoms with Crippen molar-refractivity contribution in [1.82, 2.24) is 5.32 Å². The van der Waals surface area contributed by atoms with Crippen molar-refractivity contribution >= 4 is 0 Å². The second-order valence-corrected chi connectivity index (χ2v) is 4.21. The normalized spacial score (nSPS) is 30.2. The topological polar surface area (TPSA) is 41.5 Å². The zero-order chi connectivity index (χ0) is 11.4. The monoisotopic (exact) mass is 221 g/mol. The Morgan fingerprint density at radius 2 is 2.19 bits per heavy atom. The Labute approximate surface area is 96.4 Å². The maximum atomic E-state index is 10.6. The summed E-state index contributed by atoms with van der Waals surface area (Å²) in [6.07, 6.45) is 1.93. The summed E-state index contributed by atoms with van der Waals surface area (Å²) < 4.78 is 5.61. The van der Waals surface area contributed by atoms with E-state index in [2.05, 4.69) is 12.2 Å². The highest BCUT2D eigenvalue weighted by Gasteiger charge is 2.41. The lowest BCUT2D eigenvalue weighted by Crippen LogP contribution is -2.55. The van der Waals surface area contributed by atoms with Crippen LogP contribution in [0.3, 0.4) is 0 Å². The van der Waals surface area contributed by atoms with Crippen molar-refractivity contribution in [3.05, 3.63) is 35.9 Å². The van der Waals surface area contributed by atoms with E-state index in [1.165, 1.54) is 0 Å². The van der Waals surface area contributed by atoms with Crippen molar-refractivity contribution < 1.29 is 9.84 Å². The van der Waals surface area contributed by atoms with Gasteiger partial charge in [-0.15, -0.1) is 0 Å². The van der Waals surface area contributed by atoms with Gasteiger partial charge >= 0.3 is 0 Å². The Morgan fingerprint density at radius 1 is 1.44 bits per heavy atom. The molecule has 3 nitrogen and oxygen atoms in total. The maximum absolute atomic E-state index is 10.6. The van der Waals surface area contributed by atoms with Gasteiger partial charge in [-0.05, 0) is 6.42 Å². The Morgan fingerprint density at radius 3 is 2.88 bits per heavy atom. The molecule has 1 fully saturated rings. The van der Waals surface area contributed by atoms with Crippen molar-refractivity contribution in [3.63, 3.8) is 0 Å². The van der Waals surface area contributed by atoms with Crippen LogP contribution in [0.5, 0.6) is 0 Å². The fraction of sp³-hybridized carbons (Fsp3) is 0.538. The number of rotatable bonds is 3. The Balaban J connectivity index is 2.26. The molecule has 88 valence electrons. The van der Waals surface area contributed by atoms with E-state index in [0.29, 0.717) is 6.61 Å². The molecular formula is C13H19NO2. The zero-order valence-electron chi connectivity index (χ0n) is 9.65. The Hall–Kier alpha value is -0.900. The quantitative estimate of drug-likeness (QED) is 0.815.